The number of alkyl halides is 5. The van der Waals surface area contributed by atoms with Gasteiger partial charge in [-0.05, 0) is 12.8 Å². The van der Waals surface area contributed by atoms with E-state index in [-0.39, 0.29) is 10.2 Å². The number of hydrogen-bond acceptors (Lipinski definition) is 1. The van der Waals surface area contributed by atoms with Crippen molar-refractivity contribution in [1.29, 1.82) is 0 Å². The zero-order chi connectivity index (χ0) is 11.2. The van der Waals surface area contributed by atoms with Gasteiger partial charge in [-0.1, -0.05) is 31.9 Å². The van der Waals surface area contributed by atoms with Crippen molar-refractivity contribution in [3.8, 4) is 0 Å². The average Bonchev–Trinajstić information content (AvgIpc) is 1.99. The minimum atomic E-state index is -4.33. The summed E-state index contributed by atoms with van der Waals surface area (Å²) in [7, 11) is 0. The summed E-state index contributed by atoms with van der Waals surface area (Å²) >= 11 is 6.40. The topological polar surface area (TPSA) is 29.1 Å². The first-order valence-electron chi connectivity index (χ1n) is 3.93. The smallest absolute Gasteiger partial charge is 0.347 e. The van der Waals surface area contributed by atoms with Crippen molar-refractivity contribution < 1.29 is 18.0 Å². The standard InChI is InChI=1S/C7H10Br2F3NO/c8-5(9)2-1-3-6(14)13-4-7(10,11)12/h5H,1-4H2,(H,13,14). The highest BCUT2D eigenvalue weighted by atomic mass is 79.9. The Morgan fingerprint density at radius 3 is 2.36 bits per heavy atom. The Morgan fingerprint density at radius 1 is 1.36 bits per heavy atom. The van der Waals surface area contributed by atoms with E-state index in [0.717, 1.165) is 0 Å². The molecule has 0 bridgehead atoms. The molecular weight excluding hydrogens is 331 g/mol. The summed E-state index contributed by atoms with van der Waals surface area (Å²) in [6.45, 7) is -1.25. The summed E-state index contributed by atoms with van der Waals surface area (Å²) in [6.07, 6.45) is -2.98. The van der Waals surface area contributed by atoms with Gasteiger partial charge in [-0.25, -0.2) is 0 Å². The third-order valence-corrected chi connectivity index (χ3v) is 2.23. The molecule has 2 nitrogen and oxygen atoms in total. The van der Waals surface area contributed by atoms with Crippen molar-refractivity contribution in [1.82, 2.24) is 5.32 Å². The number of halogens is 5. The van der Waals surface area contributed by atoms with Crippen LogP contribution in [0.25, 0.3) is 0 Å². The fraction of sp³-hybridized carbons (Fsp3) is 0.857. The van der Waals surface area contributed by atoms with E-state index in [0.29, 0.717) is 12.8 Å². The van der Waals surface area contributed by atoms with E-state index in [2.05, 4.69) is 31.9 Å². The lowest BCUT2D eigenvalue weighted by atomic mass is 10.2. The van der Waals surface area contributed by atoms with Crippen LogP contribution in [0.15, 0.2) is 0 Å². The first-order valence-corrected chi connectivity index (χ1v) is 5.76. The quantitative estimate of drug-likeness (QED) is 0.766. The van der Waals surface area contributed by atoms with E-state index in [1.807, 2.05) is 0 Å². The number of carbonyl (C=O) groups is 1. The fourth-order valence-corrected chi connectivity index (χ4v) is 1.35. The van der Waals surface area contributed by atoms with E-state index in [9.17, 15) is 18.0 Å². The van der Waals surface area contributed by atoms with Crippen LogP contribution in [0, 0.1) is 0 Å². The highest BCUT2D eigenvalue weighted by molar-refractivity contribution is 9.24. The molecule has 0 fully saturated rings. The lowest BCUT2D eigenvalue weighted by Gasteiger charge is -2.08. The van der Waals surface area contributed by atoms with Gasteiger partial charge < -0.3 is 5.32 Å². The highest BCUT2D eigenvalue weighted by Crippen LogP contribution is 2.16. The molecule has 0 aromatic carbocycles. The molecule has 0 saturated carbocycles. The highest BCUT2D eigenvalue weighted by Gasteiger charge is 2.27. The van der Waals surface area contributed by atoms with Crippen LogP contribution in [0.3, 0.4) is 0 Å². The minimum Gasteiger partial charge on any atom is -0.347 e. The number of amides is 1. The molecule has 0 aliphatic carbocycles. The summed E-state index contributed by atoms with van der Waals surface area (Å²) in [5.41, 5.74) is 0. The Hall–Kier alpha value is 0.220. The Balaban J connectivity index is 3.47. The second-order valence-electron chi connectivity index (χ2n) is 2.68. The van der Waals surface area contributed by atoms with E-state index < -0.39 is 18.6 Å². The molecule has 0 rings (SSSR count). The van der Waals surface area contributed by atoms with Crippen LogP contribution in [-0.2, 0) is 4.79 Å². The molecule has 0 spiro atoms. The SMILES string of the molecule is O=C(CCCC(Br)Br)NCC(F)(F)F. The van der Waals surface area contributed by atoms with E-state index >= 15 is 0 Å². The molecule has 7 heteroatoms. The van der Waals surface area contributed by atoms with Gasteiger partial charge in [0, 0.05) is 6.42 Å². The number of nitrogens with one attached hydrogen (secondary N) is 1. The molecule has 0 aliphatic heterocycles. The third kappa shape index (κ3) is 10.3. The maximum Gasteiger partial charge on any atom is 0.405 e. The van der Waals surface area contributed by atoms with E-state index in [1.165, 1.54) is 0 Å². The minimum absolute atomic E-state index is 0.102. The van der Waals surface area contributed by atoms with Gasteiger partial charge in [-0.3, -0.25) is 4.79 Å². The molecule has 0 saturated heterocycles. The number of rotatable bonds is 5. The second kappa shape index (κ2) is 6.66. The molecule has 0 aromatic rings. The lowest BCUT2D eigenvalue weighted by Crippen LogP contribution is -2.33. The molecule has 0 aromatic heterocycles. The molecule has 84 valence electrons. The first kappa shape index (κ1) is 14.2. The molecule has 0 aliphatic rings. The van der Waals surface area contributed by atoms with Crippen molar-refractivity contribution in [2.75, 3.05) is 6.54 Å². The normalized spacial score (nSPS) is 11.9. The van der Waals surface area contributed by atoms with Crippen LogP contribution < -0.4 is 5.32 Å². The molecule has 1 amide bonds. The summed E-state index contributed by atoms with van der Waals surface area (Å²) in [4.78, 5) is 10.8. The molecule has 0 radical (unpaired) electrons. The first-order chi connectivity index (χ1) is 6.31. The maximum absolute atomic E-state index is 11.6. The van der Waals surface area contributed by atoms with Crippen molar-refractivity contribution in [2.24, 2.45) is 0 Å². The maximum atomic E-state index is 11.6. The van der Waals surface area contributed by atoms with Crippen molar-refractivity contribution in [3.63, 3.8) is 0 Å². The van der Waals surface area contributed by atoms with Gasteiger partial charge in [0.15, 0.2) is 0 Å². The van der Waals surface area contributed by atoms with Crippen LogP contribution in [0.4, 0.5) is 13.2 Å². The van der Waals surface area contributed by atoms with Crippen LogP contribution in [-0.4, -0.2) is 22.4 Å². The molecule has 1 N–H and O–H groups in total. The summed E-state index contributed by atoms with van der Waals surface area (Å²) in [5, 5.41) is 1.80. The van der Waals surface area contributed by atoms with Crippen molar-refractivity contribution in [3.05, 3.63) is 0 Å². The zero-order valence-corrected chi connectivity index (χ0v) is 10.4. The predicted molar refractivity (Wildman–Crippen MR) is 54.6 cm³/mol. The fourth-order valence-electron chi connectivity index (χ4n) is 0.704. The predicted octanol–water partition coefficient (Wildman–Crippen LogP) is 2.95. The van der Waals surface area contributed by atoms with Crippen LogP contribution >= 0.6 is 31.9 Å². The van der Waals surface area contributed by atoms with E-state index in [1.54, 1.807) is 5.32 Å². The Labute approximate surface area is 96.9 Å². The zero-order valence-electron chi connectivity index (χ0n) is 7.20. The van der Waals surface area contributed by atoms with Gasteiger partial charge >= 0.3 is 6.18 Å². The monoisotopic (exact) mass is 339 g/mol. The van der Waals surface area contributed by atoms with E-state index in [4.69, 9.17) is 0 Å². The van der Waals surface area contributed by atoms with Gasteiger partial charge in [0.1, 0.15) is 6.54 Å². The number of carbonyl (C=O) groups excluding carboxylic acids is 1. The third-order valence-electron chi connectivity index (χ3n) is 1.31. The molecule has 0 atom stereocenters. The molecule has 0 unspecified atom stereocenters. The van der Waals surface area contributed by atoms with Crippen molar-refractivity contribution in [2.45, 2.75) is 29.2 Å². The largest absolute Gasteiger partial charge is 0.405 e. The van der Waals surface area contributed by atoms with Crippen molar-refractivity contribution >= 4 is 37.8 Å². The van der Waals surface area contributed by atoms with Crippen LogP contribution in [0.5, 0.6) is 0 Å². The van der Waals surface area contributed by atoms with Crippen LogP contribution in [0.2, 0.25) is 0 Å². The summed E-state index contributed by atoms with van der Waals surface area (Å²) in [5.74, 6) is -0.567. The molecule has 14 heavy (non-hydrogen) atoms. The molecular formula is C7H10Br2F3NO. The number of hydrogen-bond donors (Lipinski definition) is 1. The van der Waals surface area contributed by atoms with Gasteiger partial charge in [-0.2, -0.15) is 13.2 Å². The summed E-state index contributed by atoms with van der Waals surface area (Å²) in [6, 6.07) is 0. The molecule has 0 heterocycles. The second-order valence-corrected chi connectivity index (χ2v) is 6.11. The van der Waals surface area contributed by atoms with Crippen LogP contribution in [0.1, 0.15) is 19.3 Å². The van der Waals surface area contributed by atoms with Gasteiger partial charge in [0.25, 0.3) is 0 Å². The van der Waals surface area contributed by atoms with Gasteiger partial charge in [0.2, 0.25) is 5.91 Å². The Morgan fingerprint density at radius 2 is 1.93 bits per heavy atom. The van der Waals surface area contributed by atoms with Gasteiger partial charge in [0.05, 0.1) is 3.74 Å². The van der Waals surface area contributed by atoms with Gasteiger partial charge in [-0.15, -0.1) is 0 Å². The summed E-state index contributed by atoms with van der Waals surface area (Å²) < 4.78 is 35.0. The Kier molecular flexibility index (Phi) is 6.76. The average molecular weight is 341 g/mol. The lowest BCUT2D eigenvalue weighted by molar-refractivity contribution is -0.138. The Bertz CT molecular complexity index is 184.